The molecule has 1 aliphatic rings. The van der Waals surface area contributed by atoms with E-state index < -0.39 is 20.0 Å². The van der Waals surface area contributed by atoms with Gasteiger partial charge in [-0.15, -0.1) is 0 Å². The lowest BCUT2D eigenvalue weighted by Gasteiger charge is -2.29. The molecule has 10 heteroatoms. The standard InChI is InChI=1S/C17H22N2O6S2/c1-17(2)8-13-16(14(20)9-17)10-6-11(18-26(4,21)22)15(25-3)7-12(10)19(13)27(5,23)24/h6-7,18H,8-9H2,1-5H3. The van der Waals surface area contributed by atoms with Gasteiger partial charge in [0.05, 0.1) is 30.8 Å². The number of nitrogens with zero attached hydrogens (tertiary/aromatic N) is 1. The molecule has 3 rings (SSSR count). The van der Waals surface area contributed by atoms with Crippen molar-refractivity contribution in [3.05, 3.63) is 23.4 Å². The highest BCUT2D eigenvalue weighted by Gasteiger charge is 2.37. The van der Waals surface area contributed by atoms with E-state index >= 15 is 0 Å². The van der Waals surface area contributed by atoms with E-state index in [9.17, 15) is 21.6 Å². The minimum atomic E-state index is -3.70. The van der Waals surface area contributed by atoms with Gasteiger partial charge in [-0.05, 0) is 17.9 Å². The molecule has 1 aromatic heterocycles. The average Bonchev–Trinajstić information content (AvgIpc) is 2.75. The second-order valence-electron chi connectivity index (χ2n) is 7.73. The molecule has 8 nitrogen and oxygen atoms in total. The van der Waals surface area contributed by atoms with Gasteiger partial charge in [-0.2, -0.15) is 0 Å². The van der Waals surface area contributed by atoms with Crippen LogP contribution in [0.4, 0.5) is 5.69 Å². The van der Waals surface area contributed by atoms with Crippen LogP contribution in [0.5, 0.6) is 5.75 Å². The molecule has 1 aromatic carbocycles. The third kappa shape index (κ3) is 3.55. The first-order valence-corrected chi connectivity index (χ1v) is 11.9. The van der Waals surface area contributed by atoms with Crippen molar-refractivity contribution in [3.8, 4) is 5.75 Å². The van der Waals surface area contributed by atoms with E-state index in [0.29, 0.717) is 28.6 Å². The van der Waals surface area contributed by atoms with Crippen molar-refractivity contribution < 1.29 is 26.4 Å². The molecule has 27 heavy (non-hydrogen) atoms. The summed E-state index contributed by atoms with van der Waals surface area (Å²) in [6.45, 7) is 3.82. The molecule has 0 aliphatic heterocycles. The molecule has 0 bridgehead atoms. The largest absolute Gasteiger partial charge is 0.494 e. The summed E-state index contributed by atoms with van der Waals surface area (Å²) in [6, 6.07) is 2.91. The number of aromatic nitrogens is 1. The summed E-state index contributed by atoms with van der Waals surface area (Å²) in [5, 5.41) is 0.392. The number of rotatable bonds is 4. The molecule has 0 radical (unpaired) electrons. The number of anilines is 1. The first-order chi connectivity index (χ1) is 12.2. The summed E-state index contributed by atoms with van der Waals surface area (Å²) < 4.78 is 57.1. The Morgan fingerprint density at radius 1 is 1.11 bits per heavy atom. The van der Waals surface area contributed by atoms with Crippen molar-refractivity contribution in [1.29, 1.82) is 0 Å². The van der Waals surface area contributed by atoms with E-state index in [2.05, 4.69) is 4.72 Å². The minimum absolute atomic E-state index is 0.151. The van der Waals surface area contributed by atoms with Gasteiger partial charge < -0.3 is 4.74 Å². The molecule has 1 aliphatic carbocycles. The molecule has 1 heterocycles. The number of ether oxygens (including phenoxy) is 1. The SMILES string of the molecule is COc1cc2c(cc1NS(C)(=O)=O)c1c(n2S(C)(=O)=O)CC(C)(C)CC1=O. The fourth-order valence-corrected chi connectivity index (χ4v) is 5.30. The fourth-order valence-electron chi connectivity index (χ4n) is 3.68. The fraction of sp³-hybridized carbons (Fsp3) is 0.471. The van der Waals surface area contributed by atoms with Gasteiger partial charge in [-0.1, -0.05) is 13.8 Å². The monoisotopic (exact) mass is 414 g/mol. The topological polar surface area (TPSA) is 112 Å². The number of methoxy groups -OCH3 is 1. The number of nitrogens with one attached hydrogen (secondary N) is 1. The van der Waals surface area contributed by atoms with Crippen LogP contribution in [0.3, 0.4) is 0 Å². The molecular weight excluding hydrogens is 392 g/mol. The van der Waals surface area contributed by atoms with Crippen LogP contribution in [-0.2, 0) is 26.5 Å². The number of hydrogen-bond acceptors (Lipinski definition) is 6. The van der Waals surface area contributed by atoms with Crippen LogP contribution in [-0.4, -0.2) is 46.2 Å². The Balaban J connectivity index is 2.46. The second-order valence-corrected chi connectivity index (χ2v) is 11.3. The number of fused-ring (bicyclic) bond motifs is 3. The number of Topliss-reactive ketones (excluding diaryl/α,β-unsaturated/α-hetero) is 1. The molecule has 0 atom stereocenters. The molecule has 0 spiro atoms. The average molecular weight is 415 g/mol. The van der Waals surface area contributed by atoms with Crippen LogP contribution in [0.2, 0.25) is 0 Å². The Morgan fingerprint density at radius 3 is 2.26 bits per heavy atom. The molecule has 0 amide bonds. The van der Waals surface area contributed by atoms with Gasteiger partial charge in [0.25, 0.3) is 0 Å². The maximum atomic E-state index is 12.8. The predicted octanol–water partition coefficient (Wildman–Crippen LogP) is 1.98. The van der Waals surface area contributed by atoms with Crippen molar-refractivity contribution in [2.75, 3.05) is 24.3 Å². The quantitative estimate of drug-likeness (QED) is 0.819. The molecule has 0 fully saturated rings. The van der Waals surface area contributed by atoms with Gasteiger partial charge in [0, 0.05) is 29.1 Å². The lowest BCUT2D eigenvalue weighted by molar-refractivity contribution is 0.0913. The zero-order valence-electron chi connectivity index (χ0n) is 15.8. The summed E-state index contributed by atoms with van der Waals surface area (Å²) in [6.07, 6.45) is 2.77. The Bertz CT molecular complexity index is 1170. The van der Waals surface area contributed by atoms with E-state index in [1.54, 1.807) is 0 Å². The minimum Gasteiger partial charge on any atom is -0.494 e. The van der Waals surface area contributed by atoms with E-state index in [1.165, 1.54) is 23.2 Å². The van der Waals surface area contributed by atoms with Crippen LogP contribution >= 0.6 is 0 Å². The third-order valence-corrected chi connectivity index (χ3v) is 6.20. The van der Waals surface area contributed by atoms with E-state index in [1.807, 2.05) is 13.8 Å². The molecule has 148 valence electrons. The normalized spacial score (nSPS) is 17.0. The van der Waals surface area contributed by atoms with E-state index in [4.69, 9.17) is 4.74 Å². The van der Waals surface area contributed by atoms with E-state index in [-0.39, 0.29) is 29.1 Å². The van der Waals surface area contributed by atoms with Crippen LogP contribution in [0.1, 0.15) is 36.3 Å². The number of hydrogen-bond donors (Lipinski definition) is 1. The Morgan fingerprint density at radius 2 is 1.74 bits per heavy atom. The maximum Gasteiger partial charge on any atom is 0.236 e. The molecule has 1 N–H and O–H groups in total. The van der Waals surface area contributed by atoms with E-state index in [0.717, 1.165) is 12.5 Å². The summed E-state index contributed by atoms with van der Waals surface area (Å²) in [4.78, 5) is 12.8. The molecule has 2 aromatic rings. The Kier molecular flexibility index (Phi) is 4.35. The molecular formula is C17H22N2O6S2. The van der Waals surface area contributed by atoms with Crippen LogP contribution < -0.4 is 9.46 Å². The van der Waals surface area contributed by atoms with Crippen molar-refractivity contribution in [2.45, 2.75) is 26.7 Å². The highest BCUT2D eigenvalue weighted by atomic mass is 32.2. The summed E-state index contributed by atoms with van der Waals surface area (Å²) >= 11 is 0. The third-order valence-electron chi connectivity index (χ3n) is 4.53. The lowest BCUT2D eigenvalue weighted by atomic mass is 9.76. The van der Waals surface area contributed by atoms with Gasteiger partial charge in [-0.25, -0.2) is 20.8 Å². The van der Waals surface area contributed by atoms with Crippen LogP contribution in [0.25, 0.3) is 10.9 Å². The lowest BCUT2D eigenvalue weighted by Crippen LogP contribution is -2.29. The van der Waals surface area contributed by atoms with Gasteiger partial charge >= 0.3 is 0 Å². The highest BCUT2D eigenvalue weighted by Crippen LogP contribution is 2.43. The molecule has 0 unspecified atom stereocenters. The van der Waals surface area contributed by atoms with Gasteiger partial charge in [0.1, 0.15) is 5.75 Å². The first kappa shape index (κ1) is 19.7. The van der Waals surface area contributed by atoms with Crippen molar-refractivity contribution >= 4 is 42.4 Å². The zero-order valence-corrected chi connectivity index (χ0v) is 17.4. The highest BCUT2D eigenvalue weighted by molar-refractivity contribution is 7.92. The first-order valence-electron chi connectivity index (χ1n) is 8.20. The van der Waals surface area contributed by atoms with Gasteiger partial charge in [-0.3, -0.25) is 9.52 Å². The molecule has 0 saturated heterocycles. The Hall–Kier alpha value is -2.07. The Labute approximate surface area is 158 Å². The zero-order chi connectivity index (χ0) is 20.4. The maximum absolute atomic E-state index is 12.8. The number of sulfonamides is 1. The van der Waals surface area contributed by atoms with Gasteiger partial charge in [0.2, 0.25) is 20.0 Å². The smallest absolute Gasteiger partial charge is 0.236 e. The van der Waals surface area contributed by atoms with Crippen molar-refractivity contribution in [3.63, 3.8) is 0 Å². The number of benzene rings is 1. The predicted molar refractivity (Wildman–Crippen MR) is 104 cm³/mol. The summed E-state index contributed by atoms with van der Waals surface area (Å²) in [5.41, 5.74) is 0.822. The molecule has 0 saturated carbocycles. The van der Waals surface area contributed by atoms with Crippen molar-refractivity contribution in [1.82, 2.24) is 3.97 Å². The van der Waals surface area contributed by atoms with Crippen LogP contribution in [0, 0.1) is 5.41 Å². The number of carbonyl (C=O) groups excluding carboxylic acids is 1. The van der Waals surface area contributed by atoms with Crippen LogP contribution in [0.15, 0.2) is 12.1 Å². The number of ketones is 1. The second kappa shape index (κ2) is 5.96. The van der Waals surface area contributed by atoms with Gasteiger partial charge in [0.15, 0.2) is 5.78 Å². The summed E-state index contributed by atoms with van der Waals surface area (Å²) in [7, 11) is -5.94. The van der Waals surface area contributed by atoms with Crippen molar-refractivity contribution in [2.24, 2.45) is 5.41 Å². The number of carbonyl (C=O) groups is 1. The summed E-state index contributed by atoms with van der Waals surface area (Å²) in [5.74, 6) is 0.00324.